The van der Waals surface area contributed by atoms with Crippen molar-refractivity contribution in [2.45, 2.75) is 57.4 Å². The zero-order chi connectivity index (χ0) is 14.7. The van der Waals surface area contributed by atoms with Crippen LogP contribution in [0.3, 0.4) is 0 Å². The Kier molecular flexibility index (Phi) is 2.99. The number of likely N-dealkylation sites (N-methyl/N-ethyl adjacent to an activating group) is 1. The maximum Gasteiger partial charge on any atom is 0.252 e. The van der Waals surface area contributed by atoms with E-state index in [0.29, 0.717) is 0 Å². The Hall–Kier alpha value is -0.960. The van der Waals surface area contributed by atoms with E-state index in [-0.39, 0.29) is 24.2 Å². The minimum atomic E-state index is -2.55. The van der Waals surface area contributed by atoms with Crippen LogP contribution in [0.2, 0.25) is 0 Å². The van der Waals surface area contributed by atoms with Gasteiger partial charge in [-0.3, -0.25) is 0 Å². The number of alkyl halides is 2. The largest absolute Gasteiger partial charge is 0.301 e. The van der Waals surface area contributed by atoms with Crippen LogP contribution in [0.1, 0.15) is 55.4 Å². The molecule has 1 heterocycles. The highest BCUT2D eigenvalue weighted by atomic mass is 19.3. The second-order valence-corrected chi connectivity index (χ2v) is 7.59. The number of nitrogens with zero attached hydrogens (tertiary/aromatic N) is 1. The van der Waals surface area contributed by atoms with Crippen molar-refractivity contribution in [1.82, 2.24) is 4.90 Å². The third-order valence-corrected chi connectivity index (χ3v) is 4.59. The summed E-state index contributed by atoms with van der Waals surface area (Å²) in [6.45, 7) is 8.07. The maximum absolute atomic E-state index is 14.0. The molecular weight excluding hydrogens is 256 g/mol. The lowest BCUT2D eigenvalue weighted by Crippen LogP contribution is -2.39. The van der Waals surface area contributed by atoms with Crippen LogP contribution in [0, 0.1) is 0 Å². The van der Waals surface area contributed by atoms with Crippen molar-refractivity contribution < 1.29 is 8.78 Å². The monoisotopic (exact) mass is 279 g/mol. The molecule has 2 aliphatic rings. The molecule has 0 saturated heterocycles. The number of benzene rings is 1. The van der Waals surface area contributed by atoms with Gasteiger partial charge in [-0.2, -0.15) is 0 Å². The Balaban J connectivity index is 2.17. The van der Waals surface area contributed by atoms with Gasteiger partial charge in [0, 0.05) is 31.8 Å². The molecule has 0 saturated carbocycles. The van der Waals surface area contributed by atoms with Crippen molar-refractivity contribution >= 4 is 0 Å². The molecule has 0 spiro atoms. The fourth-order valence-electron chi connectivity index (χ4n) is 3.71. The van der Waals surface area contributed by atoms with Crippen LogP contribution >= 0.6 is 0 Å². The van der Waals surface area contributed by atoms with Crippen LogP contribution in [-0.4, -0.2) is 24.4 Å². The third kappa shape index (κ3) is 2.37. The Morgan fingerprint density at radius 2 is 1.85 bits per heavy atom. The molecule has 0 radical (unpaired) electrons. The average molecular weight is 279 g/mol. The number of halogens is 2. The SMILES string of the molecule is CN1Cc2cc(C(C)(C)C)cc3c2C(C1)CC(F)(F)C3. The standard InChI is InChI=1S/C17H23F2N/c1-16(2,3)14-5-11-7-17(18,19)8-13-10-20(4)9-12(6-14)15(11)13/h5-6,13H,7-10H2,1-4H3. The molecule has 3 rings (SSSR count). The van der Waals surface area contributed by atoms with Crippen LogP contribution in [0.15, 0.2) is 12.1 Å². The fourth-order valence-corrected chi connectivity index (χ4v) is 3.71. The Morgan fingerprint density at radius 1 is 1.20 bits per heavy atom. The molecule has 0 bridgehead atoms. The molecule has 1 nitrogen and oxygen atoms in total. The van der Waals surface area contributed by atoms with Crippen molar-refractivity contribution in [3.63, 3.8) is 0 Å². The Morgan fingerprint density at radius 3 is 2.50 bits per heavy atom. The zero-order valence-electron chi connectivity index (χ0n) is 12.8. The predicted octanol–water partition coefficient (Wildman–Crippen LogP) is 4.09. The van der Waals surface area contributed by atoms with Gasteiger partial charge in [0.15, 0.2) is 0 Å². The average Bonchev–Trinajstić information content (AvgIpc) is 2.23. The molecule has 1 unspecified atom stereocenters. The van der Waals surface area contributed by atoms with Crippen LogP contribution in [0.5, 0.6) is 0 Å². The topological polar surface area (TPSA) is 3.24 Å². The first-order valence-electron chi connectivity index (χ1n) is 7.38. The molecule has 0 N–H and O–H groups in total. The first-order valence-corrected chi connectivity index (χ1v) is 7.38. The maximum atomic E-state index is 14.0. The molecule has 1 aromatic rings. The second-order valence-electron chi connectivity index (χ2n) is 7.59. The quantitative estimate of drug-likeness (QED) is 0.691. The van der Waals surface area contributed by atoms with Gasteiger partial charge in [0.05, 0.1) is 0 Å². The first-order chi connectivity index (χ1) is 9.16. The summed E-state index contributed by atoms with van der Waals surface area (Å²) in [5.41, 5.74) is 4.56. The van der Waals surface area contributed by atoms with E-state index in [1.54, 1.807) is 0 Å². The minimum Gasteiger partial charge on any atom is -0.301 e. The summed E-state index contributed by atoms with van der Waals surface area (Å²) in [7, 11) is 2.03. The Bertz CT molecular complexity index is 543. The minimum absolute atomic E-state index is 0.00322. The van der Waals surface area contributed by atoms with Crippen molar-refractivity contribution in [3.05, 3.63) is 34.4 Å². The first kappa shape index (κ1) is 14.0. The van der Waals surface area contributed by atoms with Gasteiger partial charge in [0.1, 0.15) is 0 Å². The van der Waals surface area contributed by atoms with Crippen LogP contribution in [0.25, 0.3) is 0 Å². The molecule has 0 amide bonds. The highest BCUT2D eigenvalue weighted by molar-refractivity contribution is 5.47. The predicted molar refractivity (Wildman–Crippen MR) is 77.5 cm³/mol. The van der Waals surface area contributed by atoms with Gasteiger partial charge < -0.3 is 4.90 Å². The summed E-state index contributed by atoms with van der Waals surface area (Å²) < 4.78 is 28.0. The van der Waals surface area contributed by atoms with Gasteiger partial charge >= 0.3 is 0 Å². The lowest BCUT2D eigenvalue weighted by Gasteiger charge is -2.40. The lowest BCUT2D eigenvalue weighted by molar-refractivity contribution is -0.0252. The molecule has 20 heavy (non-hydrogen) atoms. The molecule has 1 aliphatic carbocycles. The van der Waals surface area contributed by atoms with E-state index in [0.717, 1.165) is 18.7 Å². The van der Waals surface area contributed by atoms with Crippen molar-refractivity contribution in [3.8, 4) is 0 Å². The van der Waals surface area contributed by atoms with Gasteiger partial charge in [-0.05, 0) is 34.7 Å². The molecule has 3 heteroatoms. The van der Waals surface area contributed by atoms with Crippen LogP contribution < -0.4 is 0 Å². The van der Waals surface area contributed by atoms with Crippen LogP contribution in [-0.2, 0) is 18.4 Å². The lowest BCUT2D eigenvalue weighted by atomic mass is 9.73. The highest BCUT2D eigenvalue weighted by Crippen LogP contribution is 2.45. The van der Waals surface area contributed by atoms with E-state index in [1.807, 2.05) is 13.1 Å². The zero-order valence-corrected chi connectivity index (χ0v) is 12.8. The van der Waals surface area contributed by atoms with Crippen molar-refractivity contribution in [2.75, 3.05) is 13.6 Å². The number of rotatable bonds is 0. The molecular formula is C17H23F2N. The second kappa shape index (κ2) is 4.27. The summed E-state index contributed by atoms with van der Waals surface area (Å²) in [6, 6.07) is 4.27. The normalized spacial score (nSPS) is 25.4. The summed E-state index contributed by atoms with van der Waals surface area (Å²) in [5.74, 6) is -2.56. The van der Waals surface area contributed by atoms with E-state index in [2.05, 4.69) is 31.7 Å². The Labute approximate surface area is 120 Å². The van der Waals surface area contributed by atoms with Gasteiger partial charge in [-0.25, -0.2) is 8.78 Å². The number of hydrogen-bond acceptors (Lipinski definition) is 1. The molecule has 0 aromatic heterocycles. The van der Waals surface area contributed by atoms with E-state index in [9.17, 15) is 8.78 Å². The molecule has 110 valence electrons. The smallest absolute Gasteiger partial charge is 0.252 e. The van der Waals surface area contributed by atoms with E-state index in [1.165, 1.54) is 16.7 Å². The van der Waals surface area contributed by atoms with Gasteiger partial charge in [0.2, 0.25) is 0 Å². The summed E-state index contributed by atoms with van der Waals surface area (Å²) in [5, 5.41) is 0. The van der Waals surface area contributed by atoms with Crippen molar-refractivity contribution in [1.29, 1.82) is 0 Å². The molecule has 0 fully saturated rings. The summed E-state index contributed by atoms with van der Waals surface area (Å²) >= 11 is 0. The van der Waals surface area contributed by atoms with Gasteiger partial charge in [-0.1, -0.05) is 32.9 Å². The molecule has 1 aromatic carbocycles. The van der Waals surface area contributed by atoms with E-state index in [4.69, 9.17) is 0 Å². The molecule has 1 aliphatic heterocycles. The van der Waals surface area contributed by atoms with Crippen LogP contribution in [0.4, 0.5) is 8.78 Å². The fraction of sp³-hybridized carbons (Fsp3) is 0.647. The summed E-state index contributed by atoms with van der Waals surface area (Å²) in [4.78, 5) is 2.17. The van der Waals surface area contributed by atoms with E-state index < -0.39 is 5.92 Å². The van der Waals surface area contributed by atoms with E-state index >= 15 is 0 Å². The number of hydrogen-bond donors (Lipinski definition) is 0. The molecule has 1 atom stereocenters. The third-order valence-electron chi connectivity index (χ3n) is 4.59. The van der Waals surface area contributed by atoms with Gasteiger partial charge in [0.25, 0.3) is 5.92 Å². The summed E-state index contributed by atoms with van der Waals surface area (Å²) in [6.07, 6.45) is -0.0777. The highest BCUT2D eigenvalue weighted by Gasteiger charge is 2.42. The van der Waals surface area contributed by atoms with Crippen molar-refractivity contribution in [2.24, 2.45) is 0 Å². The van der Waals surface area contributed by atoms with Gasteiger partial charge in [-0.15, -0.1) is 0 Å².